The fraction of sp³-hybridized carbons (Fsp3) is 0. The van der Waals surface area contributed by atoms with Crippen molar-refractivity contribution in [2.75, 3.05) is 0 Å². The molecule has 0 aliphatic carbocycles. The van der Waals surface area contributed by atoms with E-state index in [1.54, 1.807) is 24.3 Å². The molecule has 4 heterocycles. The lowest BCUT2D eigenvalue weighted by atomic mass is 9.92. The highest BCUT2D eigenvalue weighted by Crippen LogP contribution is 2.47. The number of rotatable bonds is 10. The number of benzene rings is 13. The van der Waals surface area contributed by atoms with Gasteiger partial charge >= 0.3 is 0 Å². The van der Waals surface area contributed by atoms with Crippen LogP contribution in [0, 0.1) is 35.8 Å². The van der Waals surface area contributed by atoms with E-state index < -0.39 is 0 Å². The molecule has 0 atom stereocenters. The summed E-state index contributed by atoms with van der Waals surface area (Å²) in [5.41, 5.74) is 21.7. The summed E-state index contributed by atoms with van der Waals surface area (Å²) in [6, 6.07) is 107. The average molecular weight is 1210 g/mol. The van der Waals surface area contributed by atoms with Crippen molar-refractivity contribution in [2.24, 2.45) is 0 Å². The van der Waals surface area contributed by atoms with Gasteiger partial charge in [0.2, 0.25) is 0 Å². The smallest absolute Gasteiger partial charge is 0.196 e. The lowest BCUT2D eigenvalue weighted by molar-refractivity contribution is 1.16. The van der Waals surface area contributed by atoms with E-state index in [-0.39, 0.29) is 0 Å². The first-order valence-corrected chi connectivity index (χ1v) is 31.2. The second-order valence-electron chi connectivity index (χ2n) is 23.7. The van der Waals surface area contributed by atoms with Gasteiger partial charge in [0.05, 0.1) is 75.5 Å². The van der Waals surface area contributed by atoms with Crippen LogP contribution >= 0.6 is 0 Å². The first kappa shape index (κ1) is 55.4. The van der Waals surface area contributed by atoms with Crippen LogP contribution in [0.25, 0.3) is 171 Å². The molecule has 9 heteroatoms. The van der Waals surface area contributed by atoms with Crippen LogP contribution in [0.15, 0.2) is 297 Å². The topological polar surface area (TPSA) is 96.9 Å². The van der Waals surface area contributed by atoms with Crippen molar-refractivity contribution in [1.29, 1.82) is 10.5 Å². The van der Waals surface area contributed by atoms with Crippen LogP contribution in [-0.2, 0) is 0 Å². The molecule has 0 N–H and O–H groups in total. The van der Waals surface area contributed by atoms with Crippen LogP contribution in [0.2, 0.25) is 0 Å². The third-order valence-corrected chi connectivity index (χ3v) is 18.4. The molecule has 0 spiro atoms. The summed E-state index contributed by atoms with van der Waals surface area (Å²) in [4.78, 5) is 18.6. The maximum atomic E-state index is 10.6. The molecular weight excluding hydrogens is 1160 g/mol. The summed E-state index contributed by atoms with van der Waals surface area (Å²) in [5.74, 6) is 0.551. The molecule has 17 rings (SSSR count). The van der Waals surface area contributed by atoms with Crippen LogP contribution in [0.1, 0.15) is 11.1 Å². The van der Waals surface area contributed by atoms with E-state index in [4.69, 9.17) is 23.1 Å². The Balaban J connectivity index is 0.985. The Morgan fingerprint density at radius 3 is 1.19 bits per heavy atom. The van der Waals surface area contributed by atoms with Crippen molar-refractivity contribution in [3.05, 3.63) is 331 Å². The zero-order chi connectivity index (χ0) is 63.7. The molecule has 95 heavy (non-hydrogen) atoms. The maximum absolute atomic E-state index is 10.6. The van der Waals surface area contributed by atoms with Gasteiger partial charge in [0.15, 0.2) is 17.2 Å². The fourth-order valence-corrected chi connectivity index (χ4v) is 14.0. The van der Waals surface area contributed by atoms with Gasteiger partial charge in [-0.2, -0.15) is 10.5 Å². The molecular formula is C86H49N9. The molecule has 9 nitrogen and oxygen atoms in total. The highest BCUT2D eigenvalue weighted by atomic mass is 15.0. The minimum absolute atomic E-state index is 0.370. The molecule has 0 saturated heterocycles. The van der Waals surface area contributed by atoms with Crippen molar-refractivity contribution in [3.63, 3.8) is 0 Å². The van der Waals surface area contributed by atoms with E-state index in [1.807, 2.05) is 48.5 Å². The Labute approximate surface area is 546 Å². The van der Waals surface area contributed by atoms with Crippen LogP contribution < -0.4 is 0 Å². The highest BCUT2D eigenvalue weighted by Gasteiger charge is 2.26. The molecule has 438 valence electrons. The number of para-hydroxylation sites is 4. The minimum atomic E-state index is 0.370. The van der Waals surface area contributed by atoms with E-state index in [0.717, 1.165) is 122 Å². The van der Waals surface area contributed by atoms with E-state index in [1.165, 1.54) is 21.5 Å². The summed E-state index contributed by atoms with van der Waals surface area (Å²) >= 11 is 0. The standard InChI is InChI=1S/C86H49N9/c1-89-63-36-42-66(62(46-63)53-88)59-34-43-83-74(47-59)75-48-60(67-41-29-54(52-87)45-78(67)90-2)35-44-84(75)95(83)85-72(55-30-37-64(38-31-55)93-79-25-13-9-21-68(79)69-22-10-14-26-80(69)93)49-61(86-91-76(57-17-5-3-6-18-57)51-77(92-86)58-19-7-4-8-20-58)50-73(85)56-32-39-65(40-33-56)94-81-27-15-11-23-70(81)71-24-12-16-28-82(71)94/h3-51H. The summed E-state index contributed by atoms with van der Waals surface area (Å²) in [7, 11) is 0. The van der Waals surface area contributed by atoms with Gasteiger partial charge in [0.25, 0.3) is 0 Å². The lowest BCUT2D eigenvalue weighted by Gasteiger charge is -2.22. The predicted molar refractivity (Wildman–Crippen MR) is 385 cm³/mol. The van der Waals surface area contributed by atoms with E-state index in [9.17, 15) is 10.5 Å². The molecule has 13 aromatic carbocycles. The molecule has 0 saturated carbocycles. The van der Waals surface area contributed by atoms with Gasteiger partial charge in [0, 0.05) is 82.6 Å². The molecule has 0 aliphatic rings. The molecule has 0 unspecified atom stereocenters. The normalized spacial score (nSPS) is 11.3. The summed E-state index contributed by atoms with van der Waals surface area (Å²) < 4.78 is 7.05. The Kier molecular flexibility index (Phi) is 13.2. The molecule has 4 aromatic heterocycles. The Bertz CT molecular complexity index is 5710. The van der Waals surface area contributed by atoms with Crippen molar-refractivity contribution in [3.8, 4) is 108 Å². The lowest BCUT2D eigenvalue weighted by Crippen LogP contribution is -2.04. The van der Waals surface area contributed by atoms with Crippen molar-refractivity contribution < 1.29 is 0 Å². The molecule has 0 amide bonds. The third-order valence-electron chi connectivity index (χ3n) is 18.4. The average Bonchev–Trinajstić information content (AvgIpc) is 1.61. The number of hydrogen-bond acceptors (Lipinski definition) is 4. The largest absolute Gasteiger partial charge is 0.309 e. The first-order valence-electron chi connectivity index (χ1n) is 31.2. The van der Waals surface area contributed by atoms with Crippen LogP contribution in [0.4, 0.5) is 11.4 Å². The predicted octanol–water partition coefficient (Wildman–Crippen LogP) is 22.3. The SMILES string of the molecule is [C-]#[N+]c1ccc(-c2ccc3c(c2)c2cc(-c4ccc(C#N)cc4[N+]#[C-])ccc2n3-c2c(-c3ccc(-n4c5ccccc5c5ccccc54)cc3)cc(-c3nc(-c4ccccc4)cc(-c4ccccc4)n3)cc2-c2ccc(-n3c4ccccc4c4ccccc43)cc2)c(C#N)c1. The van der Waals surface area contributed by atoms with Gasteiger partial charge < -0.3 is 13.7 Å². The second-order valence-corrected chi connectivity index (χ2v) is 23.7. The number of nitrogens with zero attached hydrogens (tertiary/aromatic N) is 9. The number of nitriles is 2. The van der Waals surface area contributed by atoms with E-state index in [0.29, 0.717) is 39.5 Å². The fourth-order valence-electron chi connectivity index (χ4n) is 14.0. The van der Waals surface area contributed by atoms with Gasteiger partial charge in [-0.15, -0.1) is 0 Å². The van der Waals surface area contributed by atoms with Gasteiger partial charge in [0.1, 0.15) is 0 Å². The van der Waals surface area contributed by atoms with Gasteiger partial charge in [-0.05, 0) is 143 Å². The zero-order valence-electron chi connectivity index (χ0n) is 50.8. The van der Waals surface area contributed by atoms with Crippen molar-refractivity contribution >= 4 is 76.8 Å². The number of fused-ring (bicyclic) bond motifs is 9. The third kappa shape index (κ3) is 9.28. The molecule has 17 aromatic rings. The summed E-state index contributed by atoms with van der Waals surface area (Å²) in [5, 5.41) is 27.1. The highest BCUT2D eigenvalue weighted by molar-refractivity contribution is 6.14. The van der Waals surface area contributed by atoms with Gasteiger partial charge in [-0.1, -0.05) is 188 Å². The Morgan fingerprint density at radius 1 is 0.305 bits per heavy atom. The first-order chi connectivity index (χ1) is 46.9. The van der Waals surface area contributed by atoms with E-state index in [2.05, 4.69) is 260 Å². The van der Waals surface area contributed by atoms with Crippen LogP contribution in [-0.4, -0.2) is 23.7 Å². The Morgan fingerprint density at radius 2 is 0.737 bits per heavy atom. The summed E-state index contributed by atoms with van der Waals surface area (Å²) in [6.07, 6.45) is 0. The molecule has 0 radical (unpaired) electrons. The molecule has 0 fully saturated rings. The number of hydrogen-bond donors (Lipinski definition) is 0. The van der Waals surface area contributed by atoms with Gasteiger partial charge in [-0.3, -0.25) is 0 Å². The molecule has 0 aliphatic heterocycles. The quantitative estimate of drug-likeness (QED) is 0.127. The minimum Gasteiger partial charge on any atom is -0.309 e. The summed E-state index contributed by atoms with van der Waals surface area (Å²) in [6.45, 7) is 16.1. The Hall–Kier alpha value is -13.7. The van der Waals surface area contributed by atoms with Crippen LogP contribution in [0.3, 0.4) is 0 Å². The number of aromatic nitrogens is 5. The zero-order valence-corrected chi connectivity index (χ0v) is 50.8. The molecule has 0 bridgehead atoms. The van der Waals surface area contributed by atoms with Gasteiger partial charge in [-0.25, -0.2) is 19.7 Å². The van der Waals surface area contributed by atoms with Crippen molar-refractivity contribution in [2.45, 2.75) is 0 Å². The monoisotopic (exact) mass is 1210 g/mol. The van der Waals surface area contributed by atoms with Crippen molar-refractivity contribution in [1.82, 2.24) is 23.7 Å². The maximum Gasteiger partial charge on any atom is 0.196 e. The van der Waals surface area contributed by atoms with E-state index >= 15 is 0 Å². The van der Waals surface area contributed by atoms with Crippen LogP contribution in [0.5, 0.6) is 0 Å². The second kappa shape index (κ2) is 22.7.